The normalized spacial score (nSPS) is 17.7. The molecule has 3 aromatic rings. The van der Waals surface area contributed by atoms with Gasteiger partial charge in [0.25, 0.3) is 0 Å². The molecule has 1 aliphatic rings. The first kappa shape index (κ1) is 34.4. The zero-order valence-electron chi connectivity index (χ0n) is 27.8. The van der Waals surface area contributed by atoms with Gasteiger partial charge in [-0.1, -0.05) is 81.4 Å². The van der Waals surface area contributed by atoms with Crippen LogP contribution in [0.1, 0.15) is 82.7 Å². The predicted molar refractivity (Wildman–Crippen MR) is 177 cm³/mol. The summed E-state index contributed by atoms with van der Waals surface area (Å²) in [5, 5.41) is 15.3. The van der Waals surface area contributed by atoms with Crippen molar-refractivity contribution in [2.45, 2.75) is 91.7 Å². The second-order valence-corrected chi connectivity index (χ2v) is 13.6. The molecule has 0 saturated carbocycles. The number of carbonyl (C=O) groups excluding carboxylic acids is 3. The maximum Gasteiger partial charge on any atom is 0.338 e. The van der Waals surface area contributed by atoms with Crippen molar-refractivity contribution in [1.29, 1.82) is 5.26 Å². The molecule has 1 saturated heterocycles. The number of carbonyl (C=O) groups is 3. The van der Waals surface area contributed by atoms with Gasteiger partial charge in [0.15, 0.2) is 6.10 Å². The number of nitrogens with zero attached hydrogens (tertiary/aromatic N) is 1. The molecule has 0 aromatic heterocycles. The first-order valence-electron chi connectivity index (χ1n) is 15.8. The van der Waals surface area contributed by atoms with Crippen LogP contribution in [-0.4, -0.2) is 35.7 Å². The van der Waals surface area contributed by atoms with E-state index in [1.54, 1.807) is 19.9 Å². The second kappa shape index (κ2) is 14.3. The number of esters is 1. The lowest BCUT2D eigenvalue weighted by Gasteiger charge is -2.33. The first-order chi connectivity index (χ1) is 21.7. The van der Waals surface area contributed by atoms with E-state index in [9.17, 15) is 19.6 Å². The minimum atomic E-state index is -1.15. The average Bonchev–Trinajstić information content (AvgIpc) is 3.28. The fourth-order valence-corrected chi connectivity index (χ4v) is 5.88. The lowest BCUT2D eigenvalue weighted by molar-refractivity contribution is -0.162. The molecule has 2 unspecified atom stereocenters. The lowest BCUT2D eigenvalue weighted by atomic mass is 9.84. The summed E-state index contributed by atoms with van der Waals surface area (Å²) in [5.41, 5.74) is 5.16. The Hall–Kier alpha value is -4.48. The summed E-state index contributed by atoms with van der Waals surface area (Å²) >= 11 is 0. The van der Waals surface area contributed by atoms with Crippen molar-refractivity contribution < 1.29 is 23.9 Å². The van der Waals surface area contributed by atoms with Gasteiger partial charge in [-0.15, -0.1) is 0 Å². The first-order valence-corrected chi connectivity index (χ1v) is 15.8. The quantitative estimate of drug-likeness (QED) is 0.234. The Labute approximate surface area is 272 Å². The Bertz CT molecular complexity index is 1600. The lowest BCUT2D eigenvalue weighted by Crippen LogP contribution is -2.56. The van der Waals surface area contributed by atoms with Crippen LogP contribution in [-0.2, 0) is 30.3 Å². The van der Waals surface area contributed by atoms with Crippen LogP contribution in [0.25, 0.3) is 11.1 Å². The smallest absolute Gasteiger partial charge is 0.338 e. The Morgan fingerprint density at radius 1 is 0.978 bits per heavy atom. The predicted octanol–water partition coefficient (Wildman–Crippen LogP) is 6.56. The third kappa shape index (κ3) is 8.61. The van der Waals surface area contributed by atoms with Gasteiger partial charge in [-0.2, -0.15) is 5.26 Å². The molecule has 8 heteroatoms. The van der Waals surface area contributed by atoms with Crippen LogP contribution in [0.15, 0.2) is 72.8 Å². The molecule has 0 aliphatic carbocycles. The van der Waals surface area contributed by atoms with Gasteiger partial charge in [0.2, 0.25) is 17.6 Å². The molecule has 3 aromatic carbocycles. The van der Waals surface area contributed by atoms with E-state index in [-0.39, 0.29) is 11.9 Å². The third-order valence-corrected chi connectivity index (χ3v) is 8.34. The van der Waals surface area contributed by atoms with E-state index in [0.717, 1.165) is 27.8 Å². The standard InChI is InChI=1S/C38H45N3O5/c1-24-21-26(19-20-30(24)29-17-11-14-27(22-29)23-39)13-12-18-31(32-36(44)46-38(6,7)45-32)34(42)41-33(37(3,4)5)35(43)40-25(2)28-15-9-8-10-16-28/h8-11,14-17,19-22,25,31-33H,12-13,18H2,1-7H3,(H,40,43)(H,41,42)/t25?,31-,32?,33-/m1/s1. The number of aryl methyl sites for hydroxylation is 2. The van der Waals surface area contributed by atoms with E-state index in [1.165, 1.54) is 0 Å². The Morgan fingerprint density at radius 2 is 1.70 bits per heavy atom. The van der Waals surface area contributed by atoms with Crippen LogP contribution in [0.3, 0.4) is 0 Å². The molecule has 1 heterocycles. The Morgan fingerprint density at radius 3 is 2.30 bits per heavy atom. The molecule has 0 bridgehead atoms. The van der Waals surface area contributed by atoms with Gasteiger partial charge in [0, 0.05) is 13.8 Å². The van der Waals surface area contributed by atoms with Gasteiger partial charge < -0.3 is 20.1 Å². The number of nitriles is 1. The molecule has 46 heavy (non-hydrogen) atoms. The second-order valence-electron chi connectivity index (χ2n) is 13.6. The van der Waals surface area contributed by atoms with Crippen molar-refractivity contribution in [2.75, 3.05) is 0 Å². The number of hydrogen-bond acceptors (Lipinski definition) is 6. The van der Waals surface area contributed by atoms with E-state index >= 15 is 0 Å². The van der Waals surface area contributed by atoms with Gasteiger partial charge in [-0.3, -0.25) is 9.59 Å². The summed E-state index contributed by atoms with van der Waals surface area (Å²) in [6.07, 6.45) is 0.544. The van der Waals surface area contributed by atoms with Gasteiger partial charge >= 0.3 is 5.97 Å². The molecule has 8 nitrogen and oxygen atoms in total. The highest BCUT2D eigenvalue weighted by atomic mass is 16.8. The number of nitrogens with one attached hydrogen (secondary N) is 2. The molecule has 242 valence electrons. The number of ether oxygens (including phenoxy) is 2. The molecule has 0 radical (unpaired) electrons. The van der Waals surface area contributed by atoms with Gasteiger partial charge in [0.05, 0.1) is 23.6 Å². The Balaban J connectivity index is 1.49. The minimum Gasteiger partial charge on any atom is -0.432 e. The minimum absolute atomic E-state index is 0.259. The molecular formula is C38H45N3O5. The summed E-state index contributed by atoms with van der Waals surface area (Å²) in [7, 11) is 0. The largest absolute Gasteiger partial charge is 0.432 e. The monoisotopic (exact) mass is 623 g/mol. The van der Waals surface area contributed by atoms with Crippen LogP contribution >= 0.6 is 0 Å². The summed E-state index contributed by atoms with van der Waals surface area (Å²) in [6.45, 7) is 12.9. The summed E-state index contributed by atoms with van der Waals surface area (Å²) in [6, 6.07) is 24.4. The SMILES string of the molecule is Cc1cc(CCC[C@@H](C(=O)N[C@H](C(=O)NC(C)c2ccccc2)C(C)(C)C)C2OC(C)(C)OC2=O)ccc1-c1cccc(C#N)c1. The molecule has 1 aliphatic heterocycles. The van der Waals surface area contributed by atoms with Crippen molar-refractivity contribution in [3.05, 3.63) is 95.1 Å². The number of rotatable bonds is 11. The highest BCUT2D eigenvalue weighted by Gasteiger charge is 2.48. The van der Waals surface area contributed by atoms with Crippen LogP contribution in [0, 0.1) is 29.6 Å². The molecule has 0 spiro atoms. The highest BCUT2D eigenvalue weighted by Crippen LogP contribution is 2.32. The summed E-state index contributed by atoms with van der Waals surface area (Å²) in [4.78, 5) is 40.4. The third-order valence-electron chi connectivity index (χ3n) is 8.34. The number of benzene rings is 3. The van der Waals surface area contributed by atoms with Gasteiger partial charge in [-0.05, 0) is 78.5 Å². The van der Waals surface area contributed by atoms with E-state index in [4.69, 9.17) is 9.47 Å². The van der Waals surface area contributed by atoms with E-state index in [2.05, 4.69) is 22.8 Å². The summed E-state index contributed by atoms with van der Waals surface area (Å²) < 4.78 is 11.4. The van der Waals surface area contributed by atoms with Crippen molar-refractivity contribution in [1.82, 2.24) is 10.6 Å². The molecule has 2 amide bonds. The molecule has 2 N–H and O–H groups in total. The van der Waals surface area contributed by atoms with Crippen molar-refractivity contribution in [3.8, 4) is 17.2 Å². The van der Waals surface area contributed by atoms with Gasteiger partial charge in [-0.25, -0.2) is 4.79 Å². The van der Waals surface area contributed by atoms with E-state index < -0.39 is 41.1 Å². The van der Waals surface area contributed by atoms with E-state index in [0.29, 0.717) is 24.8 Å². The molecule has 4 atom stereocenters. The molecule has 1 fully saturated rings. The zero-order chi connectivity index (χ0) is 33.6. The van der Waals surface area contributed by atoms with Crippen LogP contribution in [0.4, 0.5) is 0 Å². The summed E-state index contributed by atoms with van der Waals surface area (Å²) in [5.74, 6) is -3.32. The number of cyclic esters (lactones) is 1. The average molecular weight is 624 g/mol. The topological polar surface area (TPSA) is 118 Å². The molecule has 4 rings (SSSR count). The highest BCUT2D eigenvalue weighted by molar-refractivity contribution is 5.92. The molecular weight excluding hydrogens is 578 g/mol. The maximum absolute atomic E-state index is 14.0. The fourth-order valence-electron chi connectivity index (χ4n) is 5.88. The number of amides is 2. The van der Waals surface area contributed by atoms with Crippen molar-refractivity contribution >= 4 is 17.8 Å². The van der Waals surface area contributed by atoms with Crippen LogP contribution in [0.2, 0.25) is 0 Å². The van der Waals surface area contributed by atoms with E-state index in [1.807, 2.05) is 95.3 Å². The fraction of sp³-hybridized carbons (Fsp3) is 0.421. The Kier molecular flexibility index (Phi) is 10.7. The number of hydrogen-bond donors (Lipinski definition) is 2. The van der Waals surface area contributed by atoms with Crippen LogP contribution in [0.5, 0.6) is 0 Å². The van der Waals surface area contributed by atoms with Crippen LogP contribution < -0.4 is 10.6 Å². The van der Waals surface area contributed by atoms with Gasteiger partial charge in [0.1, 0.15) is 6.04 Å². The van der Waals surface area contributed by atoms with Crippen molar-refractivity contribution in [2.24, 2.45) is 11.3 Å². The van der Waals surface area contributed by atoms with Crippen molar-refractivity contribution in [3.63, 3.8) is 0 Å². The maximum atomic E-state index is 14.0. The zero-order valence-corrected chi connectivity index (χ0v) is 27.8.